The Labute approximate surface area is 227 Å². The fourth-order valence-electron chi connectivity index (χ4n) is 4.82. The summed E-state index contributed by atoms with van der Waals surface area (Å²) in [6.45, 7) is 0. The number of benzene rings is 5. The van der Waals surface area contributed by atoms with Crippen LogP contribution in [0.4, 0.5) is 0 Å². The van der Waals surface area contributed by atoms with Gasteiger partial charge in [0, 0.05) is 37.5 Å². The fourth-order valence-corrected chi connectivity index (χ4v) is 5.19. The topological polar surface area (TPSA) is 51.8 Å². The van der Waals surface area contributed by atoms with Gasteiger partial charge in [0.25, 0.3) is 0 Å². The lowest BCUT2D eigenvalue weighted by Crippen LogP contribution is -2.01. The highest BCUT2D eigenvalue weighted by molar-refractivity contribution is 9.10. The Hall–Kier alpha value is -4.61. The molecule has 2 aromatic heterocycles. The van der Waals surface area contributed by atoms with Gasteiger partial charge in [0.05, 0.1) is 0 Å². The highest BCUT2D eigenvalue weighted by Crippen LogP contribution is 2.40. The van der Waals surface area contributed by atoms with E-state index in [4.69, 9.17) is 19.4 Å². The number of furan rings is 1. The minimum absolute atomic E-state index is 0.615. The maximum Gasteiger partial charge on any atom is 0.164 e. The minimum Gasteiger partial charge on any atom is -0.455 e. The van der Waals surface area contributed by atoms with Crippen molar-refractivity contribution < 1.29 is 4.42 Å². The highest BCUT2D eigenvalue weighted by atomic mass is 79.9. The van der Waals surface area contributed by atoms with E-state index in [0.717, 1.165) is 54.2 Å². The van der Waals surface area contributed by atoms with Crippen LogP contribution in [0.5, 0.6) is 0 Å². The summed E-state index contributed by atoms with van der Waals surface area (Å²) in [6.07, 6.45) is 0. The summed E-state index contributed by atoms with van der Waals surface area (Å²) in [5.41, 5.74) is 6.48. The van der Waals surface area contributed by atoms with Crippen molar-refractivity contribution in [3.63, 3.8) is 0 Å². The molecule has 0 aliphatic rings. The second-order valence-electron chi connectivity index (χ2n) is 9.01. The molecule has 0 aliphatic heterocycles. The van der Waals surface area contributed by atoms with E-state index in [2.05, 4.69) is 52.3 Å². The zero-order valence-electron chi connectivity index (χ0n) is 20.2. The van der Waals surface area contributed by atoms with Crippen LogP contribution < -0.4 is 0 Å². The molecule has 0 unspecified atom stereocenters. The molecule has 2 heterocycles. The van der Waals surface area contributed by atoms with Crippen molar-refractivity contribution in [2.75, 3.05) is 0 Å². The Morgan fingerprint density at radius 2 is 1.05 bits per heavy atom. The van der Waals surface area contributed by atoms with Gasteiger partial charge in [0.1, 0.15) is 11.2 Å². The molecule has 0 amide bonds. The Kier molecular flexibility index (Phi) is 5.56. The Bertz CT molecular complexity index is 1870. The first-order chi connectivity index (χ1) is 18.7. The number of halogens is 1. The molecule has 5 aromatic carbocycles. The Morgan fingerprint density at radius 1 is 0.474 bits per heavy atom. The van der Waals surface area contributed by atoms with Gasteiger partial charge in [-0.05, 0) is 23.8 Å². The molecule has 0 saturated heterocycles. The van der Waals surface area contributed by atoms with Gasteiger partial charge < -0.3 is 4.42 Å². The van der Waals surface area contributed by atoms with E-state index in [0.29, 0.717) is 17.5 Å². The number of aromatic nitrogens is 3. The van der Waals surface area contributed by atoms with Crippen LogP contribution in [0.25, 0.3) is 67.2 Å². The smallest absolute Gasteiger partial charge is 0.164 e. The van der Waals surface area contributed by atoms with Crippen LogP contribution in [0.2, 0.25) is 0 Å². The molecule has 38 heavy (non-hydrogen) atoms. The van der Waals surface area contributed by atoms with Crippen LogP contribution in [-0.4, -0.2) is 15.0 Å². The van der Waals surface area contributed by atoms with Crippen LogP contribution in [0.1, 0.15) is 0 Å². The summed E-state index contributed by atoms with van der Waals surface area (Å²) in [5.74, 6) is 1.89. The predicted octanol–water partition coefficient (Wildman–Crippen LogP) is 9.20. The van der Waals surface area contributed by atoms with Gasteiger partial charge in [-0.3, -0.25) is 0 Å². The van der Waals surface area contributed by atoms with Crippen LogP contribution in [0, 0.1) is 0 Å². The minimum atomic E-state index is 0.615. The van der Waals surface area contributed by atoms with E-state index in [1.54, 1.807) is 0 Å². The fraction of sp³-hybridized carbons (Fsp3) is 0. The van der Waals surface area contributed by atoms with Crippen molar-refractivity contribution >= 4 is 37.9 Å². The number of para-hydroxylation sites is 1. The van der Waals surface area contributed by atoms with Crippen molar-refractivity contribution in [2.24, 2.45) is 0 Å². The maximum atomic E-state index is 6.40. The maximum absolute atomic E-state index is 6.40. The summed E-state index contributed by atoms with van der Waals surface area (Å²) < 4.78 is 7.42. The molecule has 0 N–H and O–H groups in total. The first kappa shape index (κ1) is 22.6. The lowest BCUT2D eigenvalue weighted by Gasteiger charge is -2.12. The monoisotopic (exact) mass is 553 g/mol. The number of hydrogen-bond donors (Lipinski definition) is 0. The number of hydrogen-bond acceptors (Lipinski definition) is 4. The lowest BCUT2D eigenvalue weighted by atomic mass is 9.97. The van der Waals surface area contributed by atoms with Crippen molar-refractivity contribution in [3.8, 4) is 45.3 Å². The SMILES string of the molecule is Brc1ccc2oc3c(-c4ccccc4-c4nc(-c5ccccc5)nc(-c5ccccc5)n4)cccc3c2c1. The van der Waals surface area contributed by atoms with Gasteiger partial charge in [0.15, 0.2) is 17.5 Å². The third kappa shape index (κ3) is 3.98. The van der Waals surface area contributed by atoms with E-state index in [1.165, 1.54) is 0 Å². The number of rotatable bonds is 4. The zero-order chi connectivity index (χ0) is 25.5. The van der Waals surface area contributed by atoms with Crippen LogP contribution in [0.3, 0.4) is 0 Å². The summed E-state index contributed by atoms with van der Waals surface area (Å²) >= 11 is 3.60. The van der Waals surface area contributed by atoms with Crippen molar-refractivity contribution in [3.05, 3.63) is 126 Å². The molecule has 5 heteroatoms. The molecule has 0 bridgehead atoms. The molecule has 180 valence electrons. The van der Waals surface area contributed by atoms with Crippen LogP contribution >= 0.6 is 15.9 Å². The average Bonchev–Trinajstić information content (AvgIpc) is 3.36. The predicted molar refractivity (Wildman–Crippen MR) is 157 cm³/mol. The summed E-state index contributed by atoms with van der Waals surface area (Å²) in [5, 5.41) is 2.14. The zero-order valence-corrected chi connectivity index (χ0v) is 21.8. The van der Waals surface area contributed by atoms with Gasteiger partial charge in [-0.25, -0.2) is 15.0 Å². The van der Waals surface area contributed by atoms with Crippen molar-refractivity contribution in [1.82, 2.24) is 15.0 Å². The molecule has 0 atom stereocenters. The van der Waals surface area contributed by atoms with Crippen molar-refractivity contribution in [1.29, 1.82) is 0 Å². The Balaban J connectivity index is 1.47. The van der Waals surface area contributed by atoms with E-state index in [-0.39, 0.29) is 0 Å². The molecule has 7 aromatic rings. The largest absolute Gasteiger partial charge is 0.455 e. The molecule has 7 rings (SSSR count). The van der Waals surface area contributed by atoms with E-state index in [1.807, 2.05) is 84.9 Å². The molecular weight excluding hydrogens is 534 g/mol. The van der Waals surface area contributed by atoms with E-state index < -0.39 is 0 Å². The molecule has 4 nitrogen and oxygen atoms in total. The van der Waals surface area contributed by atoms with Gasteiger partial charge in [-0.15, -0.1) is 0 Å². The Morgan fingerprint density at radius 3 is 1.74 bits per heavy atom. The first-order valence-electron chi connectivity index (χ1n) is 12.3. The highest BCUT2D eigenvalue weighted by Gasteiger charge is 2.18. The molecule has 0 spiro atoms. The third-order valence-electron chi connectivity index (χ3n) is 6.62. The molecule has 0 aliphatic carbocycles. The molecule has 0 fully saturated rings. The lowest BCUT2D eigenvalue weighted by molar-refractivity contribution is 0.670. The van der Waals surface area contributed by atoms with Crippen LogP contribution in [-0.2, 0) is 0 Å². The van der Waals surface area contributed by atoms with Gasteiger partial charge in [0.2, 0.25) is 0 Å². The van der Waals surface area contributed by atoms with Gasteiger partial charge in [-0.1, -0.05) is 119 Å². The average molecular weight is 554 g/mol. The van der Waals surface area contributed by atoms with E-state index >= 15 is 0 Å². The summed E-state index contributed by atoms with van der Waals surface area (Å²) in [7, 11) is 0. The second-order valence-corrected chi connectivity index (χ2v) is 9.92. The van der Waals surface area contributed by atoms with Gasteiger partial charge in [-0.2, -0.15) is 0 Å². The van der Waals surface area contributed by atoms with Crippen molar-refractivity contribution in [2.45, 2.75) is 0 Å². The normalized spacial score (nSPS) is 11.3. The molecular formula is C33H20BrN3O. The number of fused-ring (bicyclic) bond motifs is 3. The van der Waals surface area contributed by atoms with E-state index in [9.17, 15) is 0 Å². The van der Waals surface area contributed by atoms with Gasteiger partial charge >= 0.3 is 0 Å². The van der Waals surface area contributed by atoms with Crippen LogP contribution in [0.15, 0.2) is 130 Å². The first-order valence-corrected chi connectivity index (χ1v) is 13.1. The molecule has 0 radical (unpaired) electrons. The summed E-state index contributed by atoms with van der Waals surface area (Å²) in [4.78, 5) is 14.8. The molecule has 0 saturated carbocycles. The quantitative estimate of drug-likeness (QED) is 0.218. The second kappa shape index (κ2) is 9.36. The number of nitrogens with zero attached hydrogens (tertiary/aromatic N) is 3. The third-order valence-corrected chi connectivity index (χ3v) is 7.11. The summed E-state index contributed by atoms with van der Waals surface area (Å²) in [6, 6.07) is 40.6. The standard InChI is InChI=1S/C33H20BrN3O/c34-23-18-19-29-28(20-23)26-17-9-16-25(30(26)38-29)24-14-7-8-15-27(24)33-36-31(21-10-3-1-4-11-21)35-32(37-33)22-12-5-2-6-13-22/h1-20H.